The number of hydrogen-bond acceptors (Lipinski definition) is 3. The summed E-state index contributed by atoms with van der Waals surface area (Å²) in [6.07, 6.45) is 0.582. The van der Waals surface area contributed by atoms with E-state index in [2.05, 4.69) is 36.5 Å². The van der Waals surface area contributed by atoms with Gasteiger partial charge in [0.15, 0.2) is 0 Å². The summed E-state index contributed by atoms with van der Waals surface area (Å²) in [5.74, 6) is 1.04. The normalized spacial score (nSPS) is 11.9. The van der Waals surface area contributed by atoms with Gasteiger partial charge in [-0.15, -0.1) is 11.8 Å². The van der Waals surface area contributed by atoms with Gasteiger partial charge in [-0.2, -0.15) is 0 Å². The van der Waals surface area contributed by atoms with Gasteiger partial charge in [0.25, 0.3) is 0 Å². The maximum Gasteiger partial charge on any atom is 0.243 e. The Balaban J connectivity index is 2.13. The lowest BCUT2D eigenvalue weighted by Gasteiger charge is -2.31. The summed E-state index contributed by atoms with van der Waals surface area (Å²) >= 11 is 1.60. The Labute approximate surface area is 185 Å². The van der Waals surface area contributed by atoms with E-state index in [0.29, 0.717) is 18.7 Å². The molecule has 0 heterocycles. The minimum absolute atomic E-state index is 0.0000784. The van der Waals surface area contributed by atoms with Crippen LogP contribution in [0.15, 0.2) is 48.5 Å². The van der Waals surface area contributed by atoms with Crippen LogP contribution in [0, 0.1) is 13.8 Å². The average molecular weight is 427 g/mol. The number of thioether (sulfide) groups is 1. The van der Waals surface area contributed by atoms with Crippen molar-refractivity contribution < 1.29 is 9.59 Å². The van der Waals surface area contributed by atoms with Crippen LogP contribution in [0.1, 0.15) is 49.4 Å². The highest BCUT2D eigenvalue weighted by molar-refractivity contribution is 7.99. The Morgan fingerprint density at radius 1 is 1.00 bits per heavy atom. The van der Waals surface area contributed by atoms with E-state index in [-0.39, 0.29) is 17.9 Å². The first-order chi connectivity index (χ1) is 14.3. The molecule has 0 spiro atoms. The third kappa shape index (κ3) is 7.52. The average Bonchev–Trinajstić information content (AvgIpc) is 2.67. The number of rotatable bonds is 10. The van der Waals surface area contributed by atoms with E-state index >= 15 is 0 Å². The molecule has 0 aliphatic heterocycles. The van der Waals surface area contributed by atoms with E-state index in [9.17, 15) is 9.59 Å². The molecule has 30 heavy (non-hydrogen) atoms. The lowest BCUT2D eigenvalue weighted by molar-refractivity contribution is -0.139. The minimum atomic E-state index is -0.472. The Hall–Kier alpha value is -2.27. The van der Waals surface area contributed by atoms with E-state index in [0.717, 1.165) is 16.9 Å². The molecular weight excluding hydrogens is 392 g/mol. The summed E-state index contributed by atoms with van der Waals surface area (Å²) in [5.41, 5.74) is 4.62. The summed E-state index contributed by atoms with van der Waals surface area (Å²) in [4.78, 5) is 27.8. The van der Waals surface area contributed by atoms with Crippen LogP contribution in [0.3, 0.4) is 0 Å². The van der Waals surface area contributed by atoms with Crippen molar-refractivity contribution >= 4 is 23.6 Å². The summed E-state index contributed by atoms with van der Waals surface area (Å²) in [5, 5.41) is 2.97. The van der Waals surface area contributed by atoms with Gasteiger partial charge in [-0.3, -0.25) is 9.59 Å². The van der Waals surface area contributed by atoms with Crippen LogP contribution in [0.25, 0.3) is 0 Å². The maximum atomic E-state index is 13.2. The van der Waals surface area contributed by atoms with E-state index in [1.165, 1.54) is 11.1 Å². The molecule has 0 aromatic heterocycles. The van der Waals surface area contributed by atoms with Gasteiger partial charge in [0.1, 0.15) is 6.04 Å². The third-order valence-electron chi connectivity index (χ3n) is 4.83. The molecule has 1 atom stereocenters. The molecule has 1 N–H and O–H groups in total. The number of hydrogen-bond donors (Lipinski definition) is 1. The second-order valence-corrected chi connectivity index (χ2v) is 9.07. The molecule has 162 valence electrons. The highest BCUT2D eigenvalue weighted by atomic mass is 32.2. The standard InChI is InChI=1S/C25H34N2O2S/c1-6-23(25(29)26-18(2)3)27(15-21-11-7-9-19(4)13-21)24(28)17-30-16-22-12-8-10-20(5)14-22/h7-14,18,23H,6,15-17H2,1-5H3,(H,26,29)/t23-/m1/s1. The first-order valence-corrected chi connectivity index (χ1v) is 11.7. The second-order valence-electron chi connectivity index (χ2n) is 8.08. The lowest BCUT2D eigenvalue weighted by Crippen LogP contribution is -2.50. The molecule has 0 aliphatic rings. The topological polar surface area (TPSA) is 49.4 Å². The van der Waals surface area contributed by atoms with Crippen LogP contribution >= 0.6 is 11.8 Å². The molecule has 5 heteroatoms. The van der Waals surface area contributed by atoms with Crippen LogP contribution in [-0.4, -0.2) is 34.6 Å². The first-order valence-electron chi connectivity index (χ1n) is 10.6. The summed E-state index contributed by atoms with van der Waals surface area (Å²) in [7, 11) is 0. The van der Waals surface area contributed by atoms with Gasteiger partial charge in [-0.1, -0.05) is 66.6 Å². The predicted molar refractivity (Wildman–Crippen MR) is 126 cm³/mol. The number of carbonyl (C=O) groups is 2. The first kappa shape index (κ1) is 24.0. The highest BCUT2D eigenvalue weighted by Crippen LogP contribution is 2.18. The number of amides is 2. The van der Waals surface area contributed by atoms with E-state index < -0.39 is 6.04 Å². The number of benzene rings is 2. The summed E-state index contributed by atoms with van der Waals surface area (Å²) in [6, 6.07) is 16.0. The number of nitrogens with one attached hydrogen (secondary N) is 1. The highest BCUT2D eigenvalue weighted by Gasteiger charge is 2.28. The Bertz CT molecular complexity index is 851. The number of aryl methyl sites for hydroxylation is 2. The van der Waals surface area contributed by atoms with Crippen molar-refractivity contribution in [2.45, 2.75) is 65.4 Å². The van der Waals surface area contributed by atoms with Crippen molar-refractivity contribution in [1.29, 1.82) is 0 Å². The molecule has 2 aromatic carbocycles. The maximum absolute atomic E-state index is 13.2. The quantitative estimate of drug-likeness (QED) is 0.590. The predicted octanol–water partition coefficient (Wildman–Crippen LogP) is 4.87. The van der Waals surface area contributed by atoms with Gasteiger partial charge in [-0.25, -0.2) is 0 Å². The summed E-state index contributed by atoms with van der Waals surface area (Å²) in [6.45, 7) is 10.4. The molecule has 0 bridgehead atoms. The van der Waals surface area contributed by atoms with Crippen molar-refractivity contribution in [2.75, 3.05) is 5.75 Å². The van der Waals surface area contributed by atoms with Crippen LogP contribution in [0.5, 0.6) is 0 Å². The van der Waals surface area contributed by atoms with Gasteiger partial charge in [-0.05, 0) is 45.2 Å². The zero-order valence-corrected chi connectivity index (χ0v) is 19.6. The number of nitrogens with zero attached hydrogens (tertiary/aromatic N) is 1. The molecule has 2 amide bonds. The molecular formula is C25H34N2O2S. The second kappa shape index (κ2) is 11.8. The molecule has 0 saturated carbocycles. The molecule has 0 fully saturated rings. The van der Waals surface area contributed by atoms with Crippen molar-refractivity contribution in [1.82, 2.24) is 10.2 Å². The number of carbonyl (C=O) groups excluding carboxylic acids is 2. The van der Waals surface area contributed by atoms with Gasteiger partial charge < -0.3 is 10.2 Å². The smallest absolute Gasteiger partial charge is 0.243 e. The molecule has 4 nitrogen and oxygen atoms in total. The van der Waals surface area contributed by atoms with Crippen molar-refractivity contribution in [3.8, 4) is 0 Å². The van der Waals surface area contributed by atoms with E-state index in [4.69, 9.17) is 0 Å². The minimum Gasteiger partial charge on any atom is -0.352 e. The van der Waals surface area contributed by atoms with E-state index in [1.807, 2.05) is 52.0 Å². The van der Waals surface area contributed by atoms with Gasteiger partial charge in [0.05, 0.1) is 5.75 Å². The Morgan fingerprint density at radius 3 is 2.17 bits per heavy atom. The molecule has 2 rings (SSSR count). The molecule has 0 radical (unpaired) electrons. The third-order valence-corrected chi connectivity index (χ3v) is 5.82. The van der Waals surface area contributed by atoms with Crippen LogP contribution in [-0.2, 0) is 21.9 Å². The SMILES string of the molecule is CC[C@H](C(=O)NC(C)C)N(Cc1cccc(C)c1)C(=O)CSCc1cccc(C)c1. The molecule has 2 aromatic rings. The van der Waals surface area contributed by atoms with Crippen LogP contribution in [0.4, 0.5) is 0 Å². The largest absolute Gasteiger partial charge is 0.352 e. The molecule has 0 aliphatic carbocycles. The van der Waals surface area contributed by atoms with Crippen LogP contribution in [0.2, 0.25) is 0 Å². The fourth-order valence-corrected chi connectivity index (χ4v) is 4.31. The van der Waals surface area contributed by atoms with Crippen molar-refractivity contribution in [3.63, 3.8) is 0 Å². The fourth-order valence-electron chi connectivity index (χ4n) is 3.45. The fraction of sp³-hybridized carbons (Fsp3) is 0.440. The summed E-state index contributed by atoms with van der Waals surface area (Å²) < 4.78 is 0. The van der Waals surface area contributed by atoms with Crippen molar-refractivity contribution in [3.05, 3.63) is 70.8 Å². The van der Waals surface area contributed by atoms with Gasteiger partial charge >= 0.3 is 0 Å². The monoisotopic (exact) mass is 426 g/mol. The van der Waals surface area contributed by atoms with Gasteiger partial charge in [0.2, 0.25) is 11.8 Å². The Morgan fingerprint density at radius 2 is 1.60 bits per heavy atom. The zero-order valence-electron chi connectivity index (χ0n) is 18.8. The Kier molecular flexibility index (Phi) is 9.44. The lowest BCUT2D eigenvalue weighted by atomic mass is 10.1. The van der Waals surface area contributed by atoms with E-state index in [1.54, 1.807) is 16.7 Å². The zero-order chi connectivity index (χ0) is 22.1. The van der Waals surface area contributed by atoms with Crippen molar-refractivity contribution in [2.24, 2.45) is 0 Å². The molecule has 0 unspecified atom stereocenters. The molecule has 0 saturated heterocycles. The van der Waals surface area contributed by atoms with Gasteiger partial charge in [0, 0.05) is 18.3 Å². The van der Waals surface area contributed by atoms with Crippen LogP contribution < -0.4 is 5.32 Å².